The zero-order chi connectivity index (χ0) is 25.1. The minimum absolute atomic E-state index is 0.0158. The van der Waals surface area contributed by atoms with E-state index in [1.807, 2.05) is 0 Å². The first-order valence-corrected chi connectivity index (χ1v) is 14.5. The van der Waals surface area contributed by atoms with Gasteiger partial charge in [-0.15, -0.1) is 0 Å². The minimum Gasteiger partial charge on any atom is -0.344 e. The van der Waals surface area contributed by atoms with Crippen molar-refractivity contribution in [3.05, 3.63) is 91.9 Å². The Morgan fingerprint density at radius 2 is 0.972 bits per heavy atom. The number of aryl methyl sites for hydroxylation is 1. The second-order valence-electron chi connectivity index (χ2n) is 11.1. The predicted octanol–water partition coefficient (Wildman–Crippen LogP) is 10.2. The van der Waals surface area contributed by atoms with E-state index in [2.05, 4.69) is 132 Å². The van der Waals surface area contributed by atoms with Crippen LogP contribution in [0.3, 0.4) is 0 Å². The Bertz CT molecular complexity index is 1650. The van der Waals surface area contributed by atoms with Crippen molar-refractivity contribution in [2.75, 3.05) is 0 Å². The molecule has 0 N–H and O–H groups in total. The molecule has 1 heterocycles. The van der Waals surface area contributed by atoms with Crippen LogP contribution in [0.5, 0.6) is 0 Å². The number of benzene rings is 4. The van der Waals surface area contributed by atoms with Crippen molar-refractivity contribution in [1.29, 1.82) is 0 Å². The first kappa shape index (κ1) is 22.8. The molecule has 0 unspecified atom stereocenters. The van der Waals surface area contributed by atoms with Gasteiger partial charge in [0.2, 0.25) is 0 Å². The van der Waals surface area contributed by atoms with E-state index in [4.69, 9.17) is 0 Å². The summed E-state index contributed by atoms with van der Waals surface area (Å²) < 4.78 is 4.72. The van der Waals surface area contributed by atoms with Gasteiger partial charge in [0, 0.05) is 48.6 Å². The van der Waals surface area contributed by atoms with E-state index < -0.39 is 0 Å². The van der Waals surface area contributed by atoms with Crippen LogP contribution in [-0.4, -0.2) is 4.57 Å². The Balaban J connectivity index is 1.56. The van der Waals surface area contributed by atoms with Crippen LogP contribution in [0.1, 0.15) is 62.8 Å². The molecule has 0 fully saturated rings. The van der Waals surface area contributed by atoms with Crippen molar-refractivity contribution in [1.82, 2.24) is 4.57 Å². The molecule has 1 aromatic heterocycles. The lowest BCUT2D eigenvalue weighted by Crippen LogP contribution is -2.19. The summed E-state index contributed by atoms with van der Waals surface area (Å²) in [7, 11) is 2.23. The van der Waals surface area contributed by atoms with Gasteiger partial charge in [-0.05, 0) is 106 Å². The minimum atomic E-state index is 0.0158. The van der Waals surface area contributed by atoms with Crippen molar-refractivity contribution < 1.29 is 0 Å². The Morgan fingerprint density at radius 3 is 1.36 bits per heavy atom. The van der Waals surface area contributed by atoms with E-state index >= 15 is 0 Å². The van der Waals surface area contributed by atoms with Crippen LogP contribution in [0.25, 0.3) is 44.1 Å². The predicted molar refractivity (Wildman–Crippen MR) is 160 cm³/mol. The van der Waals surface area contributed by atoms with Crippen LogP contribution in [0.2, 0.25) is 0 Å². The Kier molecular flexibility index (Phi) is 4.66. The number of nitrogens with zero attached hydrogens (tertiary/aromatic N) is 1. The van der Waals surface area contributed by atoms with Crippen LogP contribution in [0, 0.1) is 0 Å². The topological polar surface area (TPSA) is 4.93 Å². The van der Waals surface area contributed by atoms with Crippen LogP contribution in [0.15, 0.2) is 69.6 Å². The maximum atomic E-state index is 3.73. The van der Waals surface area contributed by atoms with Crippen molar-refractivity contribution in [2.24, 2.45) is 7.05 Å². The standard InChI is InChI=1S/C33H29Br2N/c1-6-32(3)26-12-18(34)8-10-20(26)22-16-30-24(14-28(22)32)25-15-29-23(17-31(25)36(30)5)21-11-9-19(35)13-27(21)33(29,4)7-2/h8-17H,6-7H2,1-5H3/t32-,33+. The van der Waals surface area contributed by atoms with E-state index in [1.54, 1.807) is 0 Å². The second-order valence-corrected chi connectivity index (χ2v) is 13.0. The SMILES string of the molecule is CC[C@@]1(C)c2cc(Br)ccc2-c2cc3c(cc21)c1cc2c(cc1n3C)-c1ccc(Br)cc1[C@@]2(C)CC. The molecule has 0 bridgehead atoms. The third-order valence-electron chi connectivity index (χ3n) is 9.62. The molecular weight excluding hydrogens is 570 g/mol. The summed E-state index contributed by atoms with van der Waals surface area (Å²) in [5.41, 5.74) is 14.0. The zero-order valence-electron chi connectivity index (χ0n) is 21.4. The molecule has 0 saturated heterocycles. The maximum absolute atomic E-state index is 3.73. The lowest BCUT2D eigenvalue weighted by Gasteiger charge is -2.26. The van der Waals surface area contributed by atoms with E-state index in [0.717, 1.165) is 21.8 Å². The molecular formula is C33H29Br2N. The maximum Gasteiger partial charge on any atom is 0.0495 e. The molecule has 0 amide bonds. The summed E-state index contributed by atoms with van der Waals surface area (Å²) in [5.74, 6) is 0. The van der Waals surface area contributed by atoms with E-state index in [1.165, 1.54) is 66.3 Å². The molecule has 36 heavy (non-hydrogen) atoms. The van der Waals surface area contributed by atoms with Gasteiger partial charge in [0.05, 0.1) is 0 Å². The molecule has 5 aromatic rings. The fourth-order valence-electron chi connectivity index (χ4n) is 7.12. The molecule has 4 aromatic carbocycles. The van der Waals surface area contributed by atoms with Crippen molar-refractivity contribution in [2.45, 2.75) is 51.4 Å². The fourth-order valence-corrected chi connectivity index (χ4v) is 7.84. The van der Waals surface area contributed by atoms with Gasteiger partial charge in [0.25, 0.3) is 0 Å². The molecule has 0 saturated carbocycles. The van der Waals surface area contributed by atoms with Gasteiger partial charge in [-0.2, -0.15) is 0 Å². The molecule has 1 nitrogen and oxygen atoms in total. The first-order valence-electron chi connectivity index (χ1n) is 12.9. The second kappa shape index (κ2) is 7.36. The van der Waals surface area contributed by atoms with Crippen LogP contribution in [-0.2, 0) is 17.9 Å². The quantitative estimate of drug-likeness (QED) is 0.190. The summed E-state index contributed by atoms with van der Waals surface area (Å²) in [5, 5.41) is 2.74. The summed E-state index contributed by atoms with van der Waals surface area (Å²) in [6, 6.07) is 23.5. The van der Waals surface area contributed by atoms with Gasteiger partial charge in [-0.1, -0.05) is 71.7 Å². The monoisotopic (exact) mass is 597 g/mol. The summed E-state index contributed by atoms with van der Waals surface area (Å²) in [6.45, 7) is 9.48. The van der Waals surface area contributed by atoms with Gasteiger partial charge in [-0.3, -0.25) is 0 Å². The molecule has 0 aliphatic heterocycles. The summed E-state index contributed by atoms with van der Waals surface area (Å²) in [4.78, 5) is 0. The number of fused-ring (bicyclic) bond motifs is 9. The van der Waals surface area contributed by atoms with Crippen LogP contribution >= 0.6 is 31.9 Å². The highest BCUT2D eigenvalue weighted by atomic mass is 79.9. The molecule has 7 rings (SSSR count). The normalized spacial score (nSPS) is 21.6. The smallest absolute Gasteiger partial charge is 0.0495 e. The average Bonchev–Trinajstić information content (AvgIpc) is 3.39. The average molecular weight is 599 g/mol. The highest BCUT2D eigenvalue weighted by molar-refractivity contribution is 9.10. The fraction of sp³-hybridized carbons (Fsp3) is 0.273. The summed E-state index contributed by atoms with van der Waals surface area (Å²) >= 11 is 7.45. The number of hydrogen-bond donors (Lipinski definition) is 0. The van der Waals surface area contributed by atoms with E-state index in [-0.39, 0.29) is 10.8 Å². The largest absolute Gasteiger partial charge is 0.344 e. The van der Waals surface area contributed by atoms with Gasteiger partial charge < -0.3 is 4.57 Å². The Labute approximate surface area is 229 Å². The molecule has 0 spiro atoms. The number of halogens is 2. The van der Waals surface area contributed by atoms with Gasteiger partial charge in [-0.25, -0.2) is 0 Å². The number of rotatable bonds is 2. The van der Waals surface area contributed by atoms with Crippen molar-refractivity contribution in [3.63, 3.8) is 0 Å². The van der Waals surface area contributed by atoms with Gasteiger partial charge >= 0.3 is 0 Å². The van der Waals surface area contributed by atoms with Crippen LogP contribution in [0.4, 0.5) is 0 Å². The number of aromatic nitrogens is 1. The van der Waals surface area contributed by atoms with Gasteiger partial charge in [0.1, 0.15) is 0 Å². The van der Waals surface area contributed by atoms with Gasteiger partial charge in [0.15, 0.2) is 0 Å². The molecule has 0 radical (unpaired) electrons. The van der Waals surface area contributed by atoms with Crippen molar-refractivity contribution in [3.8, 4) is 22.3 Å². The highest BCUT2D eigenvalue weighted by Gasteiger charge is 2.40. The van der Waals surface area contributed by atoms with E-state index in [0.29, 0.717) is 0 Å². The van der Waals surface area contributed by atoms with Crippen LogP contribution < -0.4 is 0 Å². The lowest BCUT2D eigenvalue weighted by molar-refractivity contribution is 0.564. The Hall–Kier alpha value is -2.36. The molecule has 3 heteroatoms. The first-order chi connectivity index (χ1) is 17.2. The van der Waals surface area contributed by atoms with Crippen molar-refractivity contribution >= 4 is 53.7 Å². The highest BCUT2D eigenvalue weighted by Crippen LogP contribution is 2.55. The summed E-state index contributed by atoms with van der Waals surface area (Å²) in [6.07, 6.45) is 2.15. The molecule has 2 aliphatic rings. The van der Waals surface area contributed by atoms with E-state index in [9.17, 15) is 0 Å². The zero-order valence-corrected chi connectivity index (χ0v) is 24.6. The third-order valence-corrected chi connectivity index (χ3v) is 10.6. The lowest BCUT2D eigenvalue weighted by atomic mass is 9.77. The Morgan fingerprint density at radius 1 is 0.583 bits per heavy atom. The molecule has 2 atom stereocenters. The molecule has 180 valence electrons. The number of hydrogen-bond acceptors (Lipinski definition) is 0. The third kappa shape index (κ3) is 2.66. The molecule has 2 aliphatic carbocycles.